The summed E-state index contributed by atoms with van der Waals surface area (Å²) in [6, 6.07) is 7.13. The Labute approximate surface area is 134 Å². The number of hydrogen-bond acceptors (Lipinski definition) is 3. The monoisotopic (exact) mass is 309 g/mol. The van der Waals surface area contributed by atoms with E-state index in [1.165, 1.54) is 11.1 Å². The van der Waals surface area contributed by atoms with Gasteiger partial charge in [0.2, 0.25) is 0 Å². The smallest absolute Gasteiger partial charge is 0.274 e. The number of nitrogens with one attached hydrogen (secondary N) is 1. The standard InChI is InChI=1S/C18H19N3O2/c1-21-18(23)15-5-3-2-4-14(15)16(20-21)17(22)19-10-13-9-11-6-7-12(13)8-11/h2-7,11-13H,8-10H2,1H3,(H,19,22)/t11-,12+,13+/m1/s1. The molecule has 1 heterocycles. The molecular weight excluding hydrogens is 290 g/mol. The normalized spacial score (nSPS) is 25.2. The number of carbonyl (C=O) groups is 1. The van der Waals surface area contributed by atoms with Gasteiger partial charge < -0.3 is 5.32 Å². The number of rotatable bonds is 3. The lowest BCUT2D eigenvalue weighted by Gasteiger charge is -2.18. The number of hydrogen-bond donors (Lipinski definition) is 1. The van der Waals surface area contributed by atoms with Crippen LogP contribution < -0.4 is 10.9 Å². The summed E-state index contributed by atoms with van der Waals surface area (Å²) < 4.78 is 1.23. The molecule has 1 saturated carbocycles. The second-order valence-electron chi connectivity index (χ2n) is 6.57. The molecule has 0 saturated heterocycles. The zero-order chi connectivity index (χ0) is 16.0. The fourth-order valence-corrected chi connectivity index (χ4v) is 3.90. The molecule has 0 unspecified atom stereocenters. The lowest BCUT2D eigenvalue weighted by molar-refractivity contribution is 0.0940. The van der Waals surface area contributed by atoms with Crippen molar-refractivity contribution < 1.29 is 4.79 Å². The van der Waals surface area contributed by atoms with Crippen LogP contribution in [0, 0.1) is 17.8 Å². The molecule has 5 heteroatoms. The Morgan fingerprint density at radius 3 is 2.74 bits per heavy atom. The zero-order valence-electron chi connectivity index (χ0n) is 13.0. The van der Waals surface area contributed by atoms with Gasteiger partial charge in [0.1, 0.15) is 0 Å². The largest absolute Gasteiger partial charge is 0.350 e. The molecule has 0 aliphatic heterocycles. The van der Waals surface area contributed by atoms with Crippen LogP contribution in [0.2, 0.25) is 0 Å². The van der Waals surface area contributed by atoms with Crippen molar-refractivity contribution in [2.75, 3.05) is 6.54 Å². The maximum absolute atomic E-state index is 12.6. The maximum atomic E-state index is 12.6. The number of benzene rings is 1. The van der Waals surface area contributed by atoms with Gasteiger partial charge in [-0.1, -0.05) is 30.4 Å². The van der Waals surface area contributed by atoms with E-state index in [-0.39, 0.29) is 11.5 Å². The molecule has 0 radical (unpaired) electrons. The highest BCUT2D eigenvalue weighted by Crippen LogP contribution is 2.42. The second-order valence-corrected chi connectivity index (χ2v) is 6.57. The summed E-state index contributed by atoms with van der Waals surface area (Å²) >= 11 is 0. The van der Waals surface area contributed by atoms with E-state index in [2.05, 4.69) is 22.6 Å². The van der Waals surface area contributed by atoms with Crippen molar-refractivity contribution in [1.82, 2.24) is 15.1 Å². The highest BCUT2D eigenvalue weighted by atomic mass is 16.2. The quantitative estimate of drug-likeness (QED) is 0.881. The van der Waals surface area contributed by atoms with Crippen LogP contribution in [0.4, 0.5) is 0 Å². The third-order valence-electron chi connectivity index (χ3n) is 5.11. The second kappa shape index (κ2) is 5.33. The van der Waals surface area contributed by atoms with Crippen molar-refractivity contribution >= 4 is 16.7 Å². The van der Waals surface area contributed by atoms with Gasteiger partial charge in [-0.25, -0.2) is 4.68 Å². The third kappa shape index (κ3) is 2.36. The Morgan fingerprint density at radius 1 is 1.26 bits per heavy atom. The number of aryl methyl sites for hydroxylation is 1. The first kappa shape index (κ1) is 14.2. The minimum atomic E-state index is -0.205. The fourth-order valence-electron chi connectivity index (χ4n) is 3.90. The molecule has 1 aromatic heterocycles. The maximum Gasteiger partial charge on any atom is 0.274 e. The Kier molecular flexibility index (Phi) is 3.29. The van der Waals surface area contributed by atoms with Gasteiger partial charge in [0.05, 0.1) is 5.39 Å². The Balaban J connectivity index is 1.59. The van der Waals surface area contributed by atoms with E-state index in [9.17, 15) is 9.59 Å². The van der Waals surface area contributed by atoms with Crippen LogP contribution in [0.1, 0.15) is 23.3 Å². The molecule has 1 amide bonds. The van der Waals surface area contributed by atoms with Crippen molar-refractivity contribution in [2.45, 2.75) is 12.8 Å². The van der Waals surface area contributed by atoms with Crippen LogP contribution in [-0.4, -0.2) is 22.2 Å². The van der Waals surface area contributed by atoms with E-state index in [1.807, 2.05) is 6.07 Å². The van der Waals surface area contributed by atoms with Crippen molar-refractivity contribution in [1.29, 1.82) is 0 Å². The van der Waals surface area contributed by atoms with Gasteiger partial charge in [-0.3, -0.25) is 9.59 Å². The van der Waals surface area contributed by atoms with Gasteiger partial charge >= 0.3 is 0 Å². The molecule has 2 aliphatic carbocycles. The van der Waals surface area contributed by atoms with Crippen molar-refractivity contribution in [3.8, 4) is 0 Å². The van der Waals surface area contributed by atoms with E-state index in [0.29, 0.717) is 40.8 Å². The predicted octanol–water partition coefficient (Wildman–Crippen LogP) is 1.88. The third-order valence-corrected chi connectivity index (χ3v) is 5.11. The number of fused-ring (bicyclic) bond motifs is 3. The lowest BCUT2D eigenvalue weighted by atomic mass is 9.93. The first-order valence-electron chi connectivity index (χ1n) is 8.06. The molecular formula is C18H19N3O2. The summed E-state index contributed by atoms with van der Waals surface area (Å²) in [5.41, 5.74) is 0.136. The Bertz CT molecular complexity index is 868. The highest BCUT2D eigenvalue weighted by molar-refractivity contribution is 6.04. The minimum Gasteiger partial charge on any atom is -0.350 e. The zero-order valence-corrected chi connectivity index (χ0v) is 13.0. The SMILES string of the molecule is Cn1nc(C(=O)NC[C@@H]2C[C@@H]3C=C[C@H]2C3)c2ccccc2c1=O. The van der Waals surface area contributed by atoms with Gasteiger partial charge in [-0.15, -0.1) is 0 Å². The average Bonchev–Trinajstić information content (AvgIpc) is 3.19. The Morgan fingerprint density at radius 2 is 2.04 bits per heavy atom. The molecule has 2 aliphatic rings. The van der Waals surface area contributed by atoms with Crippen LogP contribution in [0.5, 0.6) is 0 Å². The van der Waals surface area contributed by atoms with Gasteiger partial charge in [-0.2, -0.15) is 5.10 Å². The van der Waals surface area contributed by atoms with Crippen LogP contribution in [-0.2, 0) is 7.05 Å². The number of amides is 1. The molecule has 5 nitrogen and oxygen atoms in total. The predicted molar refractivity (Wildman–Crippen MR) is 88.2 cm³/mol. The number of aromatic nitrogens is 2. The molecule has 23 heavy (non-hydrogen) atoms. The van der Waals surface area contributed by atoms with Gasteiger partial charge in [0, 0.05) is 19.0 Å². The summed E-state index contributed by atoms with van der Waals surface area (Å²) in [5.74, 6) is 1.61. The van der Waals surface area contributed by atoms with Crippen LogP contribution >= 0.6 is 0 Å². The topological polar surface area (TPSA) is 64.0 Å². The molecule has 1 fully saturated rings. The first-order valence-corrected chi connectivity index (χ1v) is 8.06. The highest BCUT2D eigenvalue weighted by Gasteiger charge is 2.35. The average molecular weight is 309 g/mol. The molecule has 118 valence electrons. The van der Waals surface area contributed by atoms with E-state index in [1.54, 1.807) is 25.2 Å². The van der Waals surface area contributed by atoms with E-state index >= 15 is 0 Å². The molecule has 0 spiro atoms. The summed E-state index contributed by atoms with van der Waals surface area (Å²) in [7, 11) is 1.58. The van der Waals surface area contributed by atoms with Crippen molar-refractivity contribution in [2.24, 2.45) is 24.8 Å². The summed E-state index contributed by atoms with van der Waals surface area (Å²) in [4.78, 5) is 24.7. The van der Waals surface area contributed by atoms with Crippen molar-refractivity contribution in [3.05, 3.63) is 52.5 Å². The van der Waals surface area contributed by atoms with Gasteiger partial charge in [0.15, 0.2) is 5.69 Å². The molecule has 4 rings (SSSR count). The number of carbonyl (C=O) groups excluding carboxylic acids is 1. The molecule has 2 bridgehead atoms. The molecule has 3 atom stereocenters. The summed E-state index contributed by atoms with van der Waals surface area (Å²) in [6.45, 7) is 0.670. The fraction of sp³-hybridized carbons (Fsp3) is 0.389. The van der Waals surface area contributed by atoms with Crippen LogP contribution in [0.3, 0.4) is 0 Å². The number of nitrogens with zero attached hydrogens (tertiary/aromatic N) is 2. The summed E-state index contributed by atoms with van der Waals surface area (Å²) in [6.07, 6.45) is 6.96. The van der Waals surface area contributed by atoms with Gasteiger partial charge in [-0.05, 0) is 36.7 Å². The van der Waals surface area contributed by atoms with Crippen molar-refractivity contribution in [3.63, 3.8) is 0 Å². The van der Waals surface area contributed by atoms with Crippen LogP contribution in [0.25, 0.3) is 10.8 Å². The van der Waals surface area contributed by atoms with E-state index in [4.69, 9.17) is 0 Å². The van der Waals surface area contributed by atoms with Gasteiger partial charge in [0.25, 0.3) is 11.5 Å². The van der Waals surface area contributed by atoms with E-state index < -0.39 is 0 Å². The molecule has 2 aromatic rings. The molecule has 1 N–H and O–H groups in total. The summed E-state index contributed by atoms with van der Waals surface area (Å²) in [5, 5.41) is 8.32. The lowest BCUT2D eigenvalue weighted by Crippen LogP contribution is -2.33. The first-order chi connectivity index (χ1) is 11.1. The Hall–Kier alpha value is -2.43. The number of allylic oxidation sites excluding steroid dienone is 2. The van der Waals surface area contributed by atoms with Crippen LogP contribution in [0.15, 0.2) is 41.2 Å². The molecule has 1 aromatic carbocycles. The minimum absolute atomic E-state index is 0.185. The van der Waals surface area contributed by atoms with E-state index in [0.717, 1.165) is 6.42 Å².